The van der Waals surface area contributed by atoms with Crippen LogP contribution < -0.4 is 18.9 Å². The molecule has 0 fully saturated rings. The van der Waals surface area contributed by atoms with Gasteiger partial charge in [0.15, 0.2) is 17.3 Å². The minimum absolute atomic E-state index is 0.0753. The Labute approximate surface area is 176 Å². The number of hydrogen-bond acceptors (Lipinski definition) is 5. The van der Waals surface area contributed by atoms with Crippen LogP contribution in [0.15, 0.2) is 54.6 Å². The number of carbonyl (C=O) groups excluding carboxylic acids is 1. The van der Waals surface area contributed by atoms with Crippen molar-refractivity contribution in [3.63, 3.8) is 0 Å². The molecule has 0 unspecified atom stereocenters. The highest BCUT2D eigenvalue weighted by molar-refractivity contribution is 6.05. The van der Waals surface area contributed by atoms with Gasteiger partial charge in [0.1, 0.15) is 12.4 Å². The first kappa shape index (κ1) is 19.8. The van der Waals surface area contributed by atoms with E-state index in [1.807, 2.05) is 54.6 Å². The van der Waals surface area contributed by atoms with Gasteiger partial charge in [0.2, 0.25) is 5.75 Å². The monoisotopic (exact) mass is 404 g/mol. The van der Waals surface area contributed by atoms with E-state index >= 15 is 0 Å². The Balaban J connectivity index is 1.78. The van der Waals surface area contributed by atoms with Gasteiger partial charge in [0.05, 0.1) is 21.3 Å². The van der Waals surface area contributed by atoms with Crippen molar-refractivity contribution in [2.24, 2.45) is 0 Å². The van der Waals surface area contributed by atoms with Crippen LogP contribution in [0.5, 0.6) is 23.0 Å². The minimum atomic E-state index is 0.0753. The lowest BCUT2D eigenvalue weighted by molar-refractivity contribution is 0.0984. The molecule has 3 aromatic rings. The summed E-state index contributed by atoms with van der Waals surface area (Å²) >= 11 is 0. The standard InChI is InChI=1S/C25H24O5/c1-27-22-13-17-9-12-21(26)20-14-18(30-15-16-7-5-4-6-8-16)10-11-19(20)23(17)25(29-3)24(22)28-2/h4-8,10-11,13-14H,9,12,15H2,1-3H3. The topological polar surface area (TPSA) is 54.0 Å². The third kappa shape index (κ3) is 3.59. The van der Waals surface area contributed by atoms with Gasteiger partial charge in [0, 0.05) is 17.5 Å². The number of benzene rings is 3. The molecule has 0 bridgehead atoms. The van der Waals surface area contributed by atoms with Gasteiger partial charge in [-0.3, -0.25) is 4.79 Å². The van der Waals surface area contributed by atoms with E-state index in [2.05, 4.69) is 0 Å². The predicted octanol–water partition coefficient (Wildman–Crippen LogP) is 5.09. The lowest BCUT2D eigenvalue weighted by atomic mass is 9.94. The third-order valence-corrected chi connectivity index (χ3v) is 5.34. The first-order valence-corrected chi connectivity index (χ1v) is 9.82. The van der Waals surface area contributed by atoms with Crippen molar-refractivity contribution in [2.75, 3.05) is 21.3 Å². The summed E-state index contributed by atoms with van der Waals surface area (Å²) in [6, 6.07) is 17.5. The Morgan fingerprint density at radius 1 is 0.800 bits per heavy atom. The molecule has 0 aliphatic heterocycles. The second-order valence-electron chi connectivity index (χ2n) is 7.08. The molecule has 3 aromatic carbocycles. The van der Waals surface area contributed by atoms with E-state index in [9.17, 15) is 4.79 Å². The Morgan fingerprint density at radius 3 is 2.27 bits per heavy atom. The molecular weight excluding hydrogens is 380 g/mol. The summed E-state index contributed by atoms with van der Waals surface area (Å²) in [5.41, 5.74) is 4.38. The Kier molecular flexibility index (Phi) is 5.61. The van der Waals surface area contributed by atoms with Crippen molar-refractivity contribution in [3.05, 3.63) is 71.3 Å². The van der Waals surface area contributed by atoms with Crippen molar-refractivity contribution in [1.29, 1.82) is 0 Å². The largest absolute Gasteiger partial charge is 0.493 e. The van der Waals surface area contributed by atoms with E-state index in [1.54, 1.807) is 21.3 Å². The molecule has 0 spiro atoms. The van der Waals surface area contributed by atoms with Gasteiger partial charge >= 0.3 is 0 Å². The van der Waals surface area contributed by atoms with E-state index in [1.165, 1.54) is 0 Å². The van der Waals surface area contributed by atoms with Crippen molar-refractivity contribution < 1.29 is 23.7 Å². The number of fused-ring (bicyclic) bond motifs is 3. The maximum atomic E-state index is 13.0. The molecule has 0 amide bonds. The lowest BCUT2D eigenvalue weighted by Crippen LogP contribution is -2.02. The molecule has 0 aromatic heterocycles. The van der Waals surface area contributed by atoms with E-state index in [0.717, 1.165) is 22.3 Å². The van der Waals surface area contributed by atoms with Gasteiger partial charge < -0.3 is 18.9 Å². The van der Waals surface area contributed by atoms with E-state index in [4.69, 9.17) is 18.9 Å². The molecule has 0 saturated heterocycles. The highest BCUT2D eigenvalue weighted by Crippen LogP contribution is 2.49. The van der Waals surface area contributed by atoms with Gasteiger partial charge in [-0.25, -0.2) is 0 Å². The minimum Gasteiger partial charge on any atom is -0.493 e. The quantitative estimate of drug-likeness (QED) is 0.573. The van der Waals surface area contributed by atoms with Crippen molar-refractivity contribution in [2.45, 2.75) is 19.4 Å². The molecule has 154 valence electrons. The van der Waals surface area contributed by atoms with Crippen LogP contribution in [0.3, 0.4) is 0 Å². The van der Waals surface area contributed by atoms with Crippen LogP contribution >= 0.6 is 0 Å². The van der Waals surface area contributed by atoms with E-state index in [0.29, 0.717) is 48.0 Å². The second kappa shape index (κ2) is 8.49. The summed E-state index contributed by atoms with van der Waals surface area (Å²) in [5.74, 6) is 2.41. The summed E-state index contributed by atoms with van der Waals surface area (Å²) in [5, 5.41) is 0. The van der Waals surface area contributed by atoms with Gasteiger partial charge in [-0.05, 0) is 47.4 Å². The number of ether oxygens (including phenoxy) is 4. The first-order valence-electron chi connectivity index (χ1n) is 9.82. The Hall–Kier alpha value is -3.47. The van der Waals surface area contributed by atoms with Crippen LogP contribution in [-0.2, 0) is 13.0 Å². The smallest absolute Gasteiger partial charge is 0.203 e. The molecule has 0 saturated carbocycles. The zero-order chi connectivity index (χ0) is 21.1. The van der Waals surface area contributed by atoms with Crippen LogP contribution in [0, 0.1) is 0 Å². The molecule has 5 nitrogen and oxygen atoms in total. The molecule has 0 radical (unpaired) electrons. The molecular formula is C25H24O5. The average Bonchev–Trinajstić information content (AvgIpc) is 2.93. The number of rotatable bonds is 6. The third-order valence-electron chi connectivity index (χ3n) is 5.34. The zero-order valence-electron chi connectivity index (χ0n) is 17.4. The number of ketones is 1. The number of aryl methyl sites for hydroxylation is 1. The number of Topliss-reactive ketones (excluding diaryl/α,β-unsaturated/α-hetero) is 1. The highest BCUT2D eigenvalue weighted by atomic mass is 16.5. The number of methoxy groups -OCH3 is 3. The lowest BCUT2D eigenvalue weighted by Gasteiger charge is -2.19. The fourth-order valence-corrected chi connectivity index (χ4v) is 3.88. The Morgan fingerprint density at radius 2 is 1.57 bits per heavy atom. The van der Waals surface area contributed by atoms with Crippen LogP contribution in [0.4, 0.5) is 0 Å². The summed E-state index contributed by atoms with van der Waals surface area (Å²) < 4.78 is 22.7. The molecule has 1 aliphatic rings. The predicted molar refractivity (Wildman–Crippen MR) is 115 cm³/mol. The first-order chi connectivity index (χ1) is 14.7. The molecule has 0 atom stereocenters. The number of carbonyl (C=O) groups is 1. The average molecular weight is 404 g/mol. The fraction of sp³-hybridized carbons (Fsp3) is 0.240. The van der Waals surface area contributed by atoms with Crippen LogP contribution in [0.2, 0.25) is 0 Å². The fourth-order valence-electron chi connectivity index (χ4n) is 3.88. The summed E-state index contributed by atoms with van der Waals surface area (Å²) in [7, 11) is 4.77. The SMILES string of the molecule is COc1cc2c(c(OC)c1OC)-c1ccc(OCc3ccccc3)cc1C(=O)CC2. The van der Waals surface area contributed by atoms with Crippen LogP contribution in [0.25, 0.3) is 11.1 Å². The van der Waals surface area contributed by atoms with Crippen molar-refractivity contribution in [3.8, 4) is 34.1 Å². The van der Waals surface area contributed by atoms with Gasteiger partial charge in [-0.2, -0.15) is 0 Å². The summed E-state index contributed by atoms with van der Waals surface area (Å²) in [6.45, 7) is 0.443. The number of hydrogen-bond donors (Lipinski definition) is 0. The Bertz CT molecular complexity index is 1070. The molecule has 5 heteroatoms. The normalized spacial score (nSPS) is 12.4. The molecule has 4 rings (SSSR count). The van der Waals surface area contributed by atoms with Gasteiger partial charge in [0.25, 0.3) is 0 Å². The second-order valence-corrected chi connectivity index (χ2v) is 7.08. The van der Waals surface area contributed by atoms with E-state index in [-0.39, 0.29) is 5.78 Å². The maximum Gasteiger partial charge on any atom is 0.203 e. The maximum absolute atomic E-state index is 13.0. The highest BCUT2D eigenvalue weighted by Gasteiger charge is 2.28. The van der Waals surface area contributed by atoms with Gasteiger partial charge in [-0.1, -0.05) is 30.3 Å². The summed E-state index contributed by atoms with van der Waals surface area (Å²) in [6.07, 6.45) is 1.00. The molecule has 1 aliphatic carbocycles. The van der Waals surface area contributed by atoms with Crippen LogP contribution in [-0.4, -0.2) is 27.1 Å². The van der Waals surface area contributed by atoms with Crippen molar-refractivity contribution >= 4 is 5.78 Å². The summed E-state index contributed by atoms with van der Waals surface area (Å²) in [4.78, 5) is 13.0. The zero-order valence-corrected chi connectivity index (χ0v) is 17.4. The van der Waals surface area contributed by atoms with Crippen molar-refractivity contribution in [1.82, 2.24) is 0 Å². The van der Waals surface area contributed by atoms with E-state index < -0.39 is 0 Å². The molecule has 30 heavy (non-hydrogen) atoms. The van der Waals surface area contributed by atoms with Gasteiger partial charge in [-0.15, -0.1) is 0 Å². The van der Waals surface area contributed by atoms with Crippen LogP contribution in [0.1, 0.15) is 27.9 Å². The molecule has 0 heterocycles. The molecule has 0 N–H and O–H groups in total.